The maximum atomic E-state index is 5.73. The summed E-state index contributed by atoms with van der Waals surface area (Å²) in [5.41, 5.74) is 0.951. The molecule has 18 heavy (non-hydrogen) atoms. The summed E-state index contributed by atoms with van der Waals surface area (Å²) < 4.78 is 16.3. The summed E-state index contributed by atoms with van der Waals surface area (Å²) in [5.74, 6) is 0.302. The normalized spacial score (nSPS) is 13.6. The molecule has 0 saturated carbocycles. The van der Waals surface area contributed by atoms with Crippen LogP contribution in [0.1, 0.15) is 26.3 Å². The van der Waals surface area contributed by atoms with Gasteiger partial charge in [0.15, 0.2) is 0 Å². The number of rotatable bonds is 8. The third-order valence-corrected chi connectivity index (χ3v) is 3.21. The predicted octanol–water partition coefficient (Wildman–Crippen LogP) is 3.24. The number of hydrogen-bond acceptors (Lipinski definition) is 3. The predicted molar refractivity (Wildman–Crippen MR) is 72.3 cm³/mol. The van der Waals surface area contributed by atoms with Crippen LogP contribution in [-0.4, -0.2) is 26.1 Å². The average Bonchev–Trinajstić information content (AvgIpc) is 2.37. The van der Waals surface area contributed by atoms with Crippen molar-refractivity contribution in [3.05, 3.63) is 35.9 Å². The largest absolute Gasteiger partial charge is 0.376 e. The van der Waals surface area contributed by atoms with Gasteiger partial charge < -0.3 is 14.2 Å². The fraction of sp³-hybridized carbons (Fsp3) is 0.600. The lowest BCUT2D eigenvalue weighted by atomic mass is 9.93. The first-order valence-electron chi connectivity index (χ1n) is 6.31. The Morgan fingerprint density at radius 1 is 1.17 bits per heavy atom. The topological polar surface area (TPSA) is 27.7 Å². The third kappa shape index (κ3) is 5.17. The van der Waals surface area contributed by atoms with Gasteiger partial charge >= 0.3 is 0 Å². The minimum Gasteiger partial charge on any atom is -0.376 e. The lowest BCUT2D eigenvalue weighted by molar-refractivity contribution is -0.146. The maximum Gasteiger partial charge on any atom is 0.147 e. The van der Waals surface area contributed by atoms with E-state index >= 15 is 0 Å². The second kappa shape index (κ2) is 7.52. The van der Waals surface area contributed by atoms with E-state index in [1.807, 2.05) is 18.2 Å². The molecule has 0 aromatic heterocycles. The van der Waals surface area contributed by atoms with Crippen molar-refractivity contribution in [3.63, 3.8) is 0 Å². The van der Waals surface area contributed by atoms with Gasteiger partial charge in [-0.3, -0.25) is 0 Å². The zero-order valence-corrected chi connectivity index (χ0v) is 11.8. The fourth-order valence-corrected chi connectivity index (χ4v) is 1.48. The van der Waals surface area contributed by atoms with Crippen molar-refractivity contribution in [2.75, 3.05) is 20.5 Å². The van der Waals surface area contributed by atoms with E-state index in [9.17, 15) is 0 Å². The molecular weight excluding hydrogens is 228 g/mol. The molecule has 0 amide bonds. The number of benzene rings is 1. The van der Waals surface area contributed by atoms with E-state index in [4.69, 9.17) is 14.2 Å². The van der Waals surface area contributed by atoms with E-state index in [2.05, 4.69) is 32.9 Å². The molecule has 102 valence electrons. The Bertz CT molecular complexity index is 322. The van der Waals surface area contributed by atoms with Crippen molar-refractivity contribution in [2.45, 2.75) is 33.0 Å². The molecule has 1 rings (SSSR count). The van der Waals surface area contributed by atoms with Crippen LogP contribution in [0.2, 0.25) is 0 Å². The number of ether oxygens (including phenoxy) is 3. The Hall–Kier alpha value is -0.900. The van der Waals surface area contributed by atoms with Gasteiger partial charge in [0.2, 0.25) is 0 Å². The van der Waals surface area contributed by atoms with Gasteiger partial charge in [-0.1, -0.05) is 37.3 Å². The van der Waals surface area contributed by atoms with Gasteiger partial charge in [-0.2, -0.15) is 0 Å². The van der Waals surface area contributed by atoms with Crippen LogP contribution < -0.4 is 0 Å². The van der Waals surface area contributed by atoms with E-state index in [-0.39, 0.29) is 5.60 Å². The van der Waals surface area contributed by atoms with Gasteiger partial charge in [0, 0.05) is 13.0 Å². The van der Waals surface area contributed by atoms with Crippen LogP contribution in [0.25, 0.3) is 0 Å². The smallest absolute Gasteiger partial charge is 0.147 e. The first-order valence-corrected chi connectivity index (χ1v) is 6.31. The van der Waals surface area contributed by atoms with Crippen molar-refractivity contribution in [3.8, 4) is 0 Å². The SMILES string of the molecule is COCOC(C)(C)[C@@H](C)COCc1ccccc1. The van der Waals surface area contributed by atoms with E-state index in [0.29, 0.717) is 25.9 Å². The zero-order valence-electron chi connectivity index (χ0n) is 11.8. The zero-order chi connectivity index (χ0) is 13.4. The monoisotopic (exact) mass is 252 g/mol. The Morgan fingerprint density at radius 2 is 1.83 bits per heavy atom. The molecule has 0 fully saturated rings. The van der Waals surface area contributed by atoms with Crippen molar-refractivity contribution in [1.29, 1.82) is 0 Å². The van der Waals surface area contributed by atoms with Crippen molar-refractivity contribution < 1.29 is 14.2 Å². The van der Waals surface area contributed by atoms with E-state index in [1.165, 1.54) is 5.56 Å². The van der Waals surface area contributed by atoms with Gasteiger partial charge in [0.05, 0.1) is 18.8 Å². The molecule has 0 N–H and O–H groups in total. The van der Waals surface area contributed by atoms with Crippen molar-refractivity contribution >= 4 is 0 Å². The highest BCUT2D eigenvalue weighted by Gasteiger charge is 2.26. The maximum absolute atomic E-state index is 5.73. The number of hydrogen-bond donors (Lipinski definition) is 0. The van der Waals surface area contributed by atoms with Crippen LogP contribution in [-0.2, 0) is 20.8 Å². The molecule has 1 aromatic rings. The molecule has 0 aliphatic carbocycles. The molecule has 0 aliphatic heterocycles. The lowest BCUT2D eigenvalue weighted by Gasteiger charge is -2.31. The number of methoxy groups -OCH3 is 1. The van der Waals surface area contributed by atoms with Crippen LogP contribution in [0.4, 0.5) is 0 Å². The summed E-state index contributed by atoms with van der Waals surface area (Å²) >= 11 is 0. The van der Waals surface area contributed by atoms with E-state index in [1.54, 1.807) is 7.11 Å². The van der Waals surface area contributed by atoms with Gasteiger partial charge in [0.25, 0.3) is 0 Å². The minimum atomic E-state index is -0.243. The lowest BCUT2D eigenvalue weighted by Crippen LogP contribution is -2.36. The highest BCUT2D eigenvalue weighted by atomic mass is 16.7. The molecule has 0 bridgehead atoms. The van der Waals surface area contributed by atoms with Crippen molar-refractivity contribution in [2.24, 2.45) is 5.92 Å². The van der Waals surface area contributed by atoms with Gasteiger partial charge in [0.1, 0.15) is 6.79 Å². The molecule has 1 aromatic carbocycles. The van der Waals surface area contributed by atoms with E-state index in [0.717, 1.165) is 0 Å². The highest BCUT2D eigenvalue weighted by Crippen LogP contribution is 2.21. The van der Waals surface area contributed by atoms with Crippen LogP contribution in [0.3, 0.4) is 0 Å². The second-order valence-corrected chi connectivity index (χ2v) is 5.06. The second-order valence-electron chi connectivity index (χ2n) is 5.06. The summed E-state index contributed by atoms with van der Waals surface area (Å²) in [6.07, 6.45) is 0. The van der Waals surface area contributed by atoms with Crippen molar-refractivity contribution in [1.82, 2.24) is 0 Å². The summed E-state index contributed by atoms with van der Waals surface area (Å²) in [6, 6.07) is 10.2. The van der Waals surface area contributed by atoms with Gasteiger partial charge in [-0.25, -0.2) is 0 Å². The van der Waals surface area contributed by atoms with Crippen LogP contribution in [0, 0.1) is 5.92 Å². The Morgan fingerprint density at radius 3 is 2.44 bits per heavy atom. The average molecular weight is 252 g/mol. The molecule has 0 aliphatic rings. The Balaban J connectivity index is 2.30. The Labute approximate surface area is 110 Å². The fourth-order valence-electron chi connectivity index (χ4n) is 1.48. The molecule has 0 unspecified atom stereocenters. The third-order valence-electron chi connectivity index (χ3n) is 3.21. The molecule has 0 saturated heterocycles. The summed E-state index contributed by atoms with van der Waals surface area (Å²) in [7, 11) is 1.63. The highest BCUT2D eigenvalue weighted by molar-refractivity contribution is 5.13. The Kier molecular flexibility index (Phi) is 6.33. The first kappa shape index (κ1) is 15.2. The summed E-state index contributed by atoms with van der Waals surface area (Å²) in [4.78, 5) is 0. The molecule has 0 radical (unpaired) electrons. The summed E-state index contributed by atoms with van der Waals surface area (Å²) in [5, 5.41) is 0. The molecule has 0 heterocycles. The minimum absolute atomic E-state index is 0.243. The molecule has 1 atom stereocenters. The molecular formula is C15H24O3. The van der Waals surface area contributed by atoms with Gasteiger partial charge in [-0.15, -0.1) is 0 Å². The first-order chi connectivity index (χ1) is 8.56. The summed E-state index contributed by atoms with van der Waals surface area (Å²) in [6.45, 7) is 7.87. The standard InChI is InChI=1S/C15H24O3/c1-13(15(2,3)18-12-16-4)10-17-11-14-8-6-5-7-9-14/h5-9,13H,10-12H2,1-4H3/t13-/m0/s1. The molecule has 0 spiro atoms. The van der Waals surface area contributed by atoms with Crippen LogP contribution >= 0.6 is 0 Å². The molecule has 3 nitrogen and oxygen atoms in total. The van der Waals surface area contributed by atoms with Gasteiger partial charge in [-0.05, 0) is 19.4 Å². The molecule has 3 heteroatoms. The van der Waals surface area contributed by atoms with Crippen LogP contribution in [0.5, 0.6) is 0 Å². The van der Waals surface area contributed by atoms with E-state index < -0.39 is 0 Å². The van der Waals surface area contributed by atoms with Crippen LogP contribution in [0.15, 0.2) is 30.3 Å². The quantitative estimate of drug-likeness (QED) is 0.665.